The maximum absolute atomic E-state index is 10.4. The molecular formula is C45H25N5. The fraction of sp³-hybridized carbons (Fsp3) is 0. The topological polar surface area (TPSA) is 81.2 Å². The van der Waals surface area contributed by atoms with Crippen LogP contribution in [0.25, 0.3) is 77.2 Å². The van der Waals surface area contributed by atoms with Crippen molar-refractivity contribution >= 4 is 43.6 Å². The Morgan fingerprint density at radius 2 is 1.00 bits per heavy atom. The van der Waals surface area contributed by atoms with Crippen LogP contribution in [0.15, 0.2) is 152 Å². The SMILES string of the molecule is N#Cc1ccc2c(c1)c1ccccc1n2-c1ccc(-c2ccc(-c3ccccc3-n3c4ccccc4c4c(C#N)cccc43)cc2)cc1C#N. The van der Waals surface area contributed by atoms with Gasteiger partial charge in [0.15, 0.2) is 0 Å². The van der Waals surface area contributed by atoms with Gasteiger partial charge in [0.1, 0.15) is 6.07 Å². The number of nitrogens with zero attached hydrogens (tertiary/aromatic N) is 5. The molecule has 50 heavy (non-hydrogen) atoms. The molecule has 9 aromatic rings. The number of aromatic nitrogens is 2. The van der Waals surface area contributed by atoms with Crippen LogP contribution in [0.1, 0.15) is 16.7 Å². The van der Waals surface area contributed by atoms with E-state index in [4.69, 9.17) is 0 Å². The van der Waals surface area contributed by atoms with Crippen molar-refractivity contribution in [2.75, 3.05) is 0 Å². The first kappa shape index (κ1) is 28.8. The number of nitriles is 3. The van der Waals surface area contributed by atoms with Crippen LogP contribution in [0.3, 0.4) is 0 Å². The summed E-state index contributed by atoms with van der Waals surface area (Å²) in [5.41, 5.74) is 11.7. The predicted octanol–water partition coefficient (Wildman–Crippen LogP) is 10.8. The first-order chi connectivity index (χ1) is 24.7. The Balaban J connectivity index is 1.14. The lowest BCUT2D eigenvalue weighted by Gasteiger charge is -2.15. The molecular weight excluding hydrogens is 611 g/mol. The Kier molecular flexibility index (Phi) is 6.56. The van der Waals surface area contributed by atoms with Crippen LogP contribution >= 0.6 is 0 Å². The minimum absolute atomic E-state index is 0.562. The Hall–Kier alpha value is -7.39. The van der Waals surface area contributed by atoms with Crippen molar-refractivity contribution in [3.63, 3.8) is 0 Å². The van der Waals surface area contributed by atoms with Crippen LogP contribution in [0.5, 0.6) is 0 Å². The zero-order valence-electron chi connectivity index (χ0n) is 26.7. The molecule has 0 saturated heterocycles. The van der Waals surface area contributed by atoms with E-state index < -0.39 is 0 Å². The van der Waals surface area contributed by atoms with E-state index >= 15 is 0 Å². The summed E-state index contributed by atoms with van der Waals surface area (Å²) in [7, 11) is 0. The maximum Gasteiger partial charge on any atom is 0.101 e. The van der Waals surface area contributed by atoms with Crippen molar-refractivity contribution in [2.45, 2.75) is 0 Å². The van der Waals surface area contributed by atoms with Crippen molar-refractivity contribution in [1.29, 1.82) is 15.8 Å². The minimum atomic E-state index is 0.562. The molecule has 0 fully saturated rings. The van der Waals surface area contributed by atoms with Crippen molar-refractivity contribution in [3.8, 4) is 51.8 Å². The van der Waals surface area contributed by atoms with Crippen molar-refractivity contribution < 1.29 is 0 Å². The van der Waals surface area contributed by atoms with Gasteiger partial charge >= 0.3 is 0 Å². The van der Waals surface area contributed by atoms with E-state index in [-0.39, 0.29) is 0 Å². The zero-order valence-corrected chi connectivity index (χ0v) is 26.7. The van der Waals surface area contributed by atoms with Gasteiger partial charge in [-0.05, 0) is 77.4 Å². The summed E-state index contributed by atoms with van der Waals surface area (Å²) >= 11 is 0. The summed E-state index contributed by atoms with van der Waals surface area (Å²) in [6, 6.07) is 57.9. The van der Waals surface area contributed by atoms with E-state index in [1.807, 2.05) is 72.8 Å². The average molecular weight is 636 g/mol. The second-order valence-electron chi connectivity index (χ2n) is 12.3. The molecule has 7 aromatic carbocycles. The highest BCUT2D eigenvalue weighted by molar-refractivity contribution is 6.12. The molecule has 0 unspecified atom stereocenters. The quantitative estimate of drug-likeness (QED) is 0.193. The smallest absolute Gasteiger partial charge is 0.101 e. The molecule has 0 amide bonds. The van der Waals surface area contributed by atoms with E-state index in [0.717, 1.165) is 77.2 Å². The lowest BCUT2D eigenvalue weighted by atomic mass is 9.97. The van der Waals surface area contributed by atoms with Gasteiger partial charge < -0.3 is 9.13 Å². The third-order valence-electron chi connectivity index (χ3n) is 9.65. The molecule has 5 nitrogen and oxygen atoms in total. The van der Waals surface area contributed by atoms with Crippen LogP contribution in [0, 0.1) is 34.0 Å². The summed E-state index contributed by atoms with van der Waals surface area (Å²) in [6.07, 6.45) is 0. The van der Waals surface area contributed by atoms with E-state index in [9.17, 15) is 15.8 Å². The second-order valence-corrected chi connectivity index (χ2v) is 12.3. The molecule has 2 heterocycles. The van der Waals surface area contributed by atoms with Gasteiger partial charge in [0.2, 0.25) is 0 Å². The van der Waals surface area contributed by atoms with Gasteiger partial charge in [-0.15, -0.1) is 0 Å². The van der Waals surface area contributed by atoms with Crippen molar-refractivity contribution in [2.24, 2.45) is 0 Å². The molecule has 0 radical (unpaired) electrons. The first-order valence-corrected chi connectivity index (χ1v) is 16.3. The van der Waals surface area contributed by atoms with Crippen molar-refractivity contribution in [3.05, 3.63) is 168 Å². The molecule has 0 aliphatic carbocycles. The molecule has 0 bridgehead atoms. The maximum atomic E-state index is 10.4. The zero-order chi connectivity index (χ0) is 33.8. The van der Waals surface area contributed by atoms with Crippen molar-refractivity contribution in [1.82, 2.24) is 9.13 Å². The number of hydrogen-bond donors (Lipinski definition) is 0. The summed E-state index contributed by atoms with van der Waals surface area (Å²) in [6.45, 7) is 0. The fourth-order valence-electron chi connectivity index (χ4n) is 7.43. The Bertz CT molecular complexity index is 2960. The third-order valence-corrected chi connectivity index (χ3v) is 9.65. The van der Waals surface area contributed by atoms with Crippen LogP contribution < -0.4 is 0 Å². The lowest BCUT2D eigenvalue weighted by Crippen LogP contribution is -1.98. The lowest BCUT2D eigenvalue weighted by molar-refractivity contribution is 1.17. The van der Waals surface area contributed by atoms with Gasteiger partial charge in [0.05, 0.1) is 62.3 Å². The average Bonchev–Trinajstić information content (AvgIpc) is 3.70. The number of para-hydroxylation sites is 3. The molecule has 0 N–H and O–H groups in total. The van der Waals surface area contributed by atoms with Gasteiger partial charge in [-0.1, -0.05) is 91.0 Å². The predicted molar refractivity (Wildman–Crippen MR) is 200 cm³/mol. The van der Waals surface area contributed by atoms with E-state index in [2.05, 4.69) is 106 Å². The molecule has 5 heteroatoms. The minimum Gasteiger partial charge on any atom is -0.309 e. The van der Waals surface area contributed by atoms with Gasteiger partial charge in [0, 0.05) is 27.1 Å². The van der Waals surface area contributed by atoms with E-state index in [1.165, 1.54) is 0 Å². The molecule has 2 aromatic heterocycles. The van der Waals surface area contributed by atoms with Crippen LogP contribution in [0.4, 0.5) is 0 Å². The van der Waals surface area contributed by atoms with Crippen LogP contribution in [-0.4, -0.2) is 9.13 Å². The Morgan fingerprint density at radius 1 is 0.380 bits per heavy atom. The number of benzene rings is 7. The second kappa shape index (κ2) is 11.4. The molecule has 0 aliphatic rings. The Labute approximate surface area is 287 Å². The highest BCUT2D eigenvalue weighted by Gasteiger charge is 2.19. The van der Waals surface area contributed by atoms with Gasteiger partial charge in [-0.2, -0.15) is 15.8 Å². The van der Waals surface area contributed by atoms with Crippen LogP contribution in [0.2, 0.25) is 0 Å². The summed E-state index contributed by atoms with van der Waals surface area (Å²) in [5, 5.41) is 33.9. The standard InChI is InChI=1S/C45H25N5/c46-26-29-16-22-43-38(24-29)36-10-2-5-13-41(36)49(43)39-23-21-32(25-34(39)28-48)30-17-19-31(20-18-30)35-9-1-4-12-40(35)50-42-14-6-3-11-37(42)45-33(27-47)8-7-15-44(45)50/h1-25H. The normalized spacial score (nSPS) is 11.1. The molecule has 0 saturated carbocycles. The highest BCUT2D eigenvalue weighted by atomic mass is 15.0. The largest absolute Gasteiger partial charge is 0.309 e. The van der Waals surface area contributed by atoms with Crippen LogP contribution in [-0.2, 0) is 0 Å². The van der Waals surface area contributed by atoms with E-state index in [1.54, 1.807) is 0 Å². The number of rotatable bonds is 4. The van der Waals surface area contributed by atoms with E-state index in [0.29, 0.717) is 16.7 Å². The summed E-state index contributed by atoms with van der Waals surface area (Å²) in [4.78, 5) is 0. The summed E-state index contributed by atoms with van der Waals surface area (Å²) < 4.78 is 4.37. The molecule has 0 aliphatic heterocycles. The number of hydrogen-bond acceptors (Lipinski definition) is 3. The Morgan fingerprint density at radius 3 is 1.78 bits per heavy atom. The van der Waals surface area contributed by atoms with Gasteiger partial charge in [-0.3, -0.25) is 0 Å². The first-order valence-electron chi connectivity index (χ1n) is 16.3. The van der Waals surface area contributed by atoms with Gasteiger partial charge in [0.25, 0.3) is 0 Å². The number of fused-ring (bicyclic) bond motifs is 6. The monoisotopic (exact) mass is 635 g/mol. The third kappa shape index (κ3) is 4.31. The van der Waals surface area contributed by atoms with Gasteiger partial charge in [-0.25, -0.2) is 0 Å². The molecule has 9 rings (SSSR count). The molecule has 230 valence electrons. The molecule has 0 spiro atoms. The highest BCUT2D eigenvalue weighted by Crippen LogP contribution is 2.39. The molecule has 0 atom stereocenters. The fourth-order valence-corrected chi connectivity index (χ4v) is 7.43. The summed E-state index contributed by atoms with van der Waals surface area (Å²) in [5.74, 6) is 0.